The van der Waals surface area contributed by atoms with Gasteiger partial charge in [-0.05, 0) is 12.1 Å². The van der Waals surface area contributed by atoms with E-state index in [9.17, 15) is 14.9 Å². The van der Waals surface area contributed by atoms with E-state index in [2.05, 4.69) is 5.32 Å². The Bertz CT molecular complexity index is 819. The summed E-state index contributed by atoms with van der Waals surface area (Å²) in [5.74, 6) is 0.735. The molecule has 0 unspecified atom stereocenters. The topological polar surface area (TPSA) is 88.0 Å². The average Bonchev–Trinajstić information content (AvgIpc) is 2.72. The van der Waals surface area contributed by atoms with Crippen molar-refractivity contribution in [2.24, 2.45) is 0 Å². The summed E-state index contributed by atoms with van der Waals surface area (Å²) < 4.78 is 5.29. The van der Waals surface area contributed by atoms with E-state index in [-0.39, 0.29) is 16.6 Å². The number of nitro groups is 1. The summed E-state index contributed by atoms with van der Waals surface area (Å²) in [4.78, 5) is 26.9. The summed E-state index contributed by atoms with van der Waals surface area (Å²) in [6.07, 6.45) is 0. The summed E-state index contributed by atoms with van der Waals surface area (Å²) in [6, 6.07) is 14.1. The molecule has 142 valence electrons. The predicted molar refractivity (Wildman–Crippen MR) is 102 cm³/mol. The number of benzene rings is 2. The van der Waals surface area contributed by atoms with Gasteiger partial charge in [0.1, 0.15) is 11.4 Å². The van der Waals surface area contributed by atoms with Crippen LogP contribution in [0, 0.1) is 10.1 Å². The van der Waals surface area contributed by atoms with Gasteiger partial charge in [-0.25, -0.2) is 4.79 Å². The van der Waals surface area contributed by atoms with Crippen LogP contribution in [-0.4, -0.2) is 49.1 Å². The largest absolute Gasteiger partial charge is 0.496 e. The fourth-order valence-corrected chi connectivity index (χ4v) is 3.17. The molecule has 1 aliphatic rings. The summed E-state index contributed by atoms with van der Waals surface area (Å²) in [5, 5.41) is 14.1. The fraction of sp³-hybridized carbons (Fsp3) is 0.316. The lowest BCUT2D eigenvalue weighted by atomic mass is 10.2. The van der Waals surface area contributed by atoms with Crippen LogP contribution in [-0.2, 0) is 6.54 Å². The third kappa shape index (κ3) is 4.28. The van der Waals surface area contributed by atoms with Crippen molar-refractivity contribution in [2.45, 2.75) is 6.54 Å². The number of nitro benzene ring substituents is 1. The number of rotatable bonds is 5. The number of anilines is 1. The molecule has 1 heterocycles. The molecule has 0 aromatic heterocycles. The zero-order valence-electron chi connectivity index (χ0n) is 15.1. The third-order valence-electron chi connectivity index (χ3n) is 4.61. The maximum absolute atomic E-state index is 12.4. The number of urea groups is 1. The predicted octanol–water partition coefficient (Wildman–Crippen LogP) is 2.64. The first kappa shape index (κ1) is 18.5. The number of carbonyl (C=O) groups excluding carboxylic acids is 1. The van der Waals surface area contributed by atoms with Gasteiger partial charge in [0.05, 0.1) is 12.0 Å². The highest BCUT2D eigenvalue weighted by atomic mass is 16.6. The second-order valence-corrected chi connectivity index (χ2v) is 6.19. The van der Waals surface area contributed by atoms with E-state index in [0.717, 1.165) is 11.3 Å². The van der Waals surface area contributed by atoms with Crippen LogP contribution in [0.2, 0.25) is 0 Å². The number of hydrogen-bond acceptors (Lipinski definition) is 5. The average molecular weight is 370 g/mol. The molecule has 1 N–H and O–H groups in total. The van der Waals surface area contributed by atoms with Crippen LogP contribution in [0.1, 0.15) is 5.56 Å². The van der Waals surface area contributed by atoms with Crippen LogP contribution >= 0.6 is 0 Å². The number of para-hydroxylation sites is 3. The van der Waals surface area contributed by atoms with Gasteiger partial charge in [0.25, 0.3) is 5.69 Å². The summed E-state index contributed by atoms with van der Waals surface area (Å²) in [7, 11) is 1.60. The first-order chi connectivity index (χ1) is 13.1. The lowest BCUT2D eigenvalue weighted by Crippen LogP contribution is -2.51. The Morgan fingerprint density at radius 3 is 2.48 bits per heavy atom. The number of ether oxygens (including phenoxy) is 1. The molecule has 8 nitrogen and oxygen atoms in total. The van der Waals surface area contributed by atoms with E-state index in [1.807, 2.05) is 29.2 Å². The van der Waals surface area contributed by atoms with E-state index < -0.39 is 0 Å². The molecule has 2 amide bonds. The maximum Gasteiger partial charge on any atom is 0.317 e. The Balaban J connectivity index is 1.56. The minimum Gasteiger partial charge on any atom is -0.496 e. The smallest absolute Gasteiger partial charge is 0.317 e. The van der Waals surface area contributed by atoms with Gasteiger partial charge in [0.15, 0.2) is 0 Å². The van der Waals surface area contributed by atoms with Crippen LogP contribution in [0.15, 0.2) is 48.5 Å². The molecule has 3 rings (SSSR count). The lowest BCUT2D eigenvalue weighted by Gasteiger charge is -2.35. The Morgan fingerprint density at radius 2 is 1.78 bits per heavy atom. The van der Waals surface area contributed by atoms with Crippen molar-refractivity contribution in [3.05, 3.63) is 64.2 Å². The molecule has 1 saturated heterocycles. The van der Waals surface area contributed by atoms with E-state index in [4.69, 9.17) is 4.74 Å². The number of methoxy groups -OCH3 is 1. The second-order valence-electron chi connectivity index (χ2n) is 6.19. The van der Waals surface area contributed by atoms with Crippen molar-refractivity contribution in [1.29, 1.82) is 0 Å². The lowest BCUT2D eigenvalue weighted by molar-refractivity contribution is -0.384. The first-order valence-electron chi connectivity index (χ1n) is 8.73. The number of amides is 2. The standard InChI is InChI=1S/C19H22N4O4/c1-27-18-9-5-2-6-15(18)14-20-19(24)22-12-10-21(11-13-22)16-7-3-4-8-17(16)23(25)26/h2-9H,10-14H2,1H3,(H,20,24). The van der Waals surface area contributed by atoms with Crippen molar-refractivity contribution in [2.75, 3.05) is 38.2 Å². The third-order valence-corrected chi connectivity index (χ3v) is 4.61. The van der Waals surface area contributed by atoms with Gasteiger partial charge in [0, 0.05) is 44.4 Å². The molecule has 8 heteroatoms. The summed E-state index contributed by atoms with van der Waals surface area (Å²) >= 11 is 0. The van der Waals surface area contributed by atoms with Crippen LogP contribution in [0.5, 0.6) is 5.75 Å². The van der Waals surface area contributed by atoms with Gasteiger partial charge in [-0.15, -0.1) is 0 Å². The highest BCUT2D eigenvalue weighted by Gasteiger charge is 2.25. The monoisotopic (exact) mass is 370 g/mol. The molecule has 0 aliphatic carbocycles. The van der Waals surface area contributed by atoms with Gasteiger partial charge >= 0.3 is 6.03 Å². The SMILES string of the molecule is COc1ccccc1CNC(=O)N1CCN(c2ccccc2[N+](=O)[O-])CC1. The van der Waals surface area contributed by atoms with Crippen molar-refractivity contribution >= 4 is 17.4 Å². The number of carbonyl (C=O) groups is 1. The maximum atomic E-state index is 12.4. The van der Waals surface area contributed by atoms with Crippen molar-refractivity contribution in [3.8, 4) is 5.75 Å². The minimum atomic E-state index is -0.373. The molecular weight excluding hydrogens is 348 g/mol. The molecule has 1 aliphatic heterocycles. The van der Waals surface area contributed by atoms with E-state index >= 15 is 0 Å². The molecule has 2 aromatic carbocycles. The molecule has 1 fully saturated rings. The van der Waals surface area contributed by atoms with Gasteiger partial charge in [-0.3, -0.25) is 10.1 Å². The molecule has 0 spiro atoms. The fourth-order valence-electron chi connectivity index (χ4n) is 3.17. The number of piperazine rings is 1. The molecule has 0 saturated carbocycles. The van der Waals surface area contributed by atoms with Crippen LogP contribution in [0.4, 0.5) is 16.2 Å². The zero-order chi connectivity index (χ0) is 19.2. The minimum absolute atomic E-state index is 0.0894. The Hall–Kier alpha value is -3.29. The van der Waals surface area contributed by atoms with Crippen LogP contribution in [0.25, 0.3) is 0 Å². The molecular formula is C19H22N4O4. The molecule has 0 atom stereocenters. The number of hydrogen-bond donors (Lipinski definition) is 1. The van der Waals surface area contributed by atoms with Gasteiger partial charge in [-0.2, -0.15) is 0 Å². The number of nitrogens with zero attached hydrogens (tertiary/aromatic N) is 3. The normalized spacial score (nSPS) is 14.0. The van der Waals surface area contributed by atoms with Crippen LogP contribution < -0.4 is 15.0 Å². The Kier molecular flexibility index (Phi) is 5.75. The highest BCUT2D eigenvalue weighted by molar-refractivity contribution is 5.75. The molecule has 27 heavy (non-hydrogen) atoms. The van der Waals surface area contributed by atoms with Crippen molar-refractivity contribution in [1.82, 2.24) is 10.2 Å². The second kappa shape index (κ2) is 8.39. The highest BCUT2D eigenvalue weighted by Crippen LogP contribution is 2.28. The van der Waals surface area contributed by atoms with E-state index in [1.165, 1.54) is 6.07 Å². The first-order valence-corrected chi connectivity index (χ1v) is 8.73. The molecule has 2 aromatic rings. The number of nitrogens with one attached hydrogen (secondary N) is 1. The van der Waals surface area contributed by atoms with Crippen molar-refractivity contribution < 1.29 is 14.5 Å². The van der Waals surface area contributed by atoms with Gasteiger partial charge < -0.3 is 19.9 Å². The van der Waals surface area contributed by atoms with Gasteiger partial charge in [0.2, 0.25) is 0 Å². The molecule has 0 radical (unpaired) electrons. The van der Waals surface area contributed by atoms with E-state index in [0.29, 0.717) is 38.4 Å². The summed E-state index contributed by atoms with van der Waals surface area (Å²) in [6.45, 7) is 2.49. The Labute approximate surface area is 157 Å². The summed E-state index contributed by atoms with van der Waals surface area (Å²) in [5.41, 5.74) is 1.59. The Morgan fingerprint density at radius 1 is 1.11 bits per heavy atom. The van der Waals surface area contributed by atoms with E-state index in [1.54, 1.807) is 30.2 Å². The van der Waals surface area contributed by atoms with Gasteiger partial charge in [-0.1, -0.05) is 30.3 Å². The van der Waals surface area contributed by atoms with Crippen LogP contribution in [0.3, 0.4) is 0 Å². The molecule has 0 bridgehead atoms. The zero-order valence-corrected chi connectivity index (χ0v) is 15.1. The van der Waals surface area contributed by atoms with Crippen molar-refractivity contribution in [3.63, 3.8) is 0 Å². The quantitative estimate of drug-likeness (QED) is 0.646.